The summed E-state index contributed by atoms with van der Waals surface area (Å²) < 4.78 is 5.47. The lowest BCUT2D eigenvalue weighted by Gasteiger charge is -2.20. The van der Waals surface area contributed by atoms with Gasteiger partial charge in [-0.2, -0.15) is 0 Å². The number of methoxy groups -OCH3 is 1. The van der Waals surface area contributed by atoms with Gasteiger partial charge in [-0.05, 0) is 36.6 Å². The second-order valence-electron chi connectivity index (χ2n) is 6.16. The molecule has 20 heavy (non-hydrogen) atoms. The van der Waals surface area contributed by atoms with E-state index in [2.05, 4.69) is 36.7 Å². The van der Waals surface area contributed by atoms with Gasteiger partial charge in [0.05, 0.1) is 13.7 Å². The molecule has 3 heteroatoms. The fourth-order valence-electron chi connectivity index (χ4n) is 2.73. The third kappa shape index (κ3) is 3.75. The summed E-state index contributed by atoms with van der Waals surface area (Å²) >= 11 is 0. The fraction of sp³-hybridized carbons (Fsp3) is 0.529. The van der Waals surface area contributed by atoms with Gasteiger partial charge in [-0.15, -0.1) is 0 Å². The lowest BCUT2D eigenvalue weighted by molar-refractivity contribution is 0.279. The largest absolute Gasteiger partial charge is 0.496 e. The number of hydrogen-bond acceptors (Lipinski definition) is 3. The minimum atomic E-state index is 0.391. The van der Waals surface area contributed by atoms with E-state index in [1.165, 1.54) is 12.0 Å². The number of ether oxygens (including phenoxy) is 1. The molecule has 0 unspecified atom stereocenters. The molecule has 0 atom stereocenters. The van der Waals surface area contributed by atoms with E-state index in [-0.39, 0.29) is 0 Å². The summed E-state index contributed by atoms with van der Waals surface area (Å²) in [5, 5.41) is 0. The topological polar surface area (TPSA) is 38.5 Å². The van der Waals surface area contributed by atoms with Crippen molar-refractivity contribution in [2.24, 2.45) is 11.1 Å². The molecule has 0 bridgehead atoms. The van der Waals surface area contributed by atoms with Crippen LogP contribution >= 0.6 is 0 Å². The molecule has 1 aromatic carbocycles. The van der Waals surface area contributed by atoms with Crippen molar-refractivity contribution >= 4 is 0 Å². The van der Waals surface area contributed by atoms with Gasteiger partial charge in [-0.1, -0.05) is 25.7 Å². The van der Waals surface area contributed by atoms with E-state index in [4.69, 9.17) is 10.5 Å². The first-order valence-electron chi connectivity index (χ1n) is 7.12. The number of likely N-dealkylation sites (tertiary alicyclic amines) is 1. The molecule has 0 amide bonds. The molecule has 1 aliphatic rings. The molecule has 1 aliphatic heterocycles. The van der Waals surface area contributed by atoms with E-state index >= 15 is 0 Å². The molecule has 108 valence electrons. The Morgan fingerprint density at radius 2 is 2.20 bits per heavy atom. The van der Waals surface area contributed by atoms with Crippen LogP contribution in [0.25, 0.3) is 0 Å². The standard InChI is InChI=1S/C17H24N2O/c1-17(2)8-10-19(13-17)12-15-11-14(5-4-9-18)6-7-16(15)20-3/h6-7,11H,8-10,12-13,18H2,1-3H3. The lowest BCUT2D eigenvalue weighted by Crippen LogP contribution is -2.23. The first-order chi connectivity index (χ1) is 9.54. The first-order valence-corrected chi connectivity index (χ1v) is 7.12. The van der Waals surface area contributed by atoms with Crippen LogP contribution in [0.5, 0.6) is 5.75 Å². The summed E-state index contributed by atoms with van der Waals surface area (Å²) in [4.78, 5) is 2.48. The smallest absolute Gasteiger partial charge is 0.123 e. The second-order valence-corrected chi connectivity index (χ2v) is 6.16. The van der Waals surface area contributed by atoms with Crippen LogP contribution in [0.15, 0.2) is 18.2 Å². The molecule has 1 heterocycles. The van der Waals surface area contributed by atoms with Gasteiger partial charge in [-0.3, -0.25) is 4.90 Å². The summed E-state index contributed by atoms with van der Waals surface area (Å²) in [6.45, 7) is 8.25. The van der Waals surface area contributed by atoms with Gasteiger partial charge in [0.25, 0.3) is 0 Å². The van der Waals surface area contributed by atoms with Crippen LogP contribution in [0.1, 0.15) is 31.4 Å². The van der Waals surface area contributed by atoms with Gasteiger partial charge in [0.2, 0.25) is 0 Å². The Labute approximate surface area is 122 Å². The lowest BCUT2D eigenvalue weighted by atomic mass is 9.93. The van der Waals surface area contributed by atoms with E-state index in [9.17, 15) is 0 Å². The average Bonchev–Trinajstić information content (AvgIpc) is 2.76. The summed E-state index contributed by atoms with van der Waals surface area (Å²) in [5.74, 6) is 6.93. The molecular formula is C17H24N2O. The molecule has 0 spiro atoms. The van der Waals surface area contributed by atoms with Crippen LogP contribution in [-0.2, 0) is 6.54 Å². The highest BCUT2D eigenvalue weighted by atomic mass is 16.5. The summed E-state index contributed by atoms with van der Waals surface area (Å²) in [5.41, 5.74) is 8.05. The van der Waals surface area contributed by atoms with Crippen LogP contribution in [0.2, 0.25) is 0 Å². The van der Waals surface area contributed by atoms with Gasteiger partial charge < -0.3 is 10.5 Å². The van der Waals surface area contributed by atoms with E-state index < -0.39 is 0 Å². The number of nitrogens with two attached hydrogens (primary N) is 1. The molecule has 1 saturated heterocycles. The van der Waals surface area contributed by atoms with Crippen molar-refractivity contribution in [1.82, 2.24) is 4.90 Å². The Morgan fingerprint density at radius 3 is 2.80 bits per heavy atom. The van der Waals surface area contributed by atoms with Crippen molar-refractivity contribution in [1.29, 1.82) is 0 Å². The van der Waals surface area contributed by atoms with E-state index in [0.29, 0.717) is 12.0 Å². The predicted molar refractivity (Wildman–Crippen MR) is 82.6 cm³/mol. The molecular weight excluding hydrogens is 248 g/mol. The summed E-state index contributed by atoms with van der Waals surface area (Å²) in [6, 6.07) is 6.10. The maximum atomic E-state index is 5.47. The van der Waals surface area contributed by atoms with Crippen molar-refractivity contribution in [2.75, 3.05) is 26.7 Å². The Hall–Kier alpha value is -1.50. The SMILES string of the molecule is COc1ccc(C#CCN)cc1CN1CCC(C)(C)C1. The zero-order valence-electron chi connectivity index (χ0n) is 12.7. The van der Waals surface area contributed by atoms with Gasteiger partial charge in [0.15, 0.2) is 0 Å². The van der Waals surface area contributed by atoms with Crippen molar-refractivity contribution < 1.29 is 4.74 Å². The minimum Gasteiger partial charge on any atom is -0.496 e. The Balaban J connectivity index is 2.16. The highest BCUT2D eigenvalue weighted by molar-refractivity contribution is 5.44. The number of hydrogen-bond donors (Lipinski definition) is 1. The average molecular weight is 272 g/mol. The van der Waals surface area contributed by atoms with E-state index in [1.54, 1.807) is 7.11 Å². The van der Waals surface area contributed by atoms with Crippen molar-refractivity contribution in [3.05, 3.63) is 29.3 Å². The molecule has 1 fully saturated rings. The van der Waals surface area contributed by atoms with Gasteiger partial charge >= 0.3 is 0 Å². The van der Waals surface area contributed by atoms with Gasteiger partial charge in [-0.25, -0.2) is 0 Å². The molecule has 0 aliphatic carbocycles. The maximum Gasteiger partial charge on any atom is 0.123 e. The van der Waals surface area contributed by atoms with Crippen LogP contribution in [-0.4, -0.2) is 31.6 Å². The second kappa shape index (κ2) is 6.30. The zero-order chi connectivity index (χ0) is 14.6. The van der Waals surface area contributed by atoms with Crippen molar-refractivity contribution in [2.45, 2.75) is 26.8 Å². The normalized spacial score (nSPS) is 17.6. The minimum absolute atomic E-state index is 0.391. The molecule has 3 nitrogen and oxygen atoms in total. The maximum absolute atomic E-state index is 5.47. The predicted octanol–water partition coefficient (Wildman–Crippen LogP) is 2.24. The molecule has 0 aromatic heterocycles. The first kappa shape index (κ1) is 14.9. The Bertz CT molecular complexity index is 526. The highest BCUT2D eigenvalue weighted by Crippen LogP contribution is 2.31. The van der Waals surface area contributed by atoms with Crippen molar-refractivity contribution in [3.63, 3.8) is 0 Å². The number of rotatable bonds is 3. The monoisotopic (exact) mass is 272 g/mol. The molecule has 2 rings (SSSR count). The molecule has 1 aromatic rings. The van der Waals surface area contributed by atoms with Gasteiger partial charge in [0, 0.05) is 24.2 Å². The van der Waals surface area contributed by atoms with Crippen molar-refractivity contribution in [3.8, 4) is 17.6 Å². The third-order valence-electron chi connectivity index (χ3n) is 3.77. The zero-order valence-corrected chi connectivity index (χ0v) is 12.7. The number of benzene rings is 1. The molecule has 0 saturated carbocycles. The quantitative estimate of drug-likeness (QED) is 0.858. The highest BCUT2D eigenvalue weighted by Gasteiger charge is 2.29. The number of nitrogens with zero attached hydrogens (tertiary/aromatic N) is 1. The summed E-state index contributed by atoms with van der Waals surface area (Å²) in [7, 11) is 1.72. The van der Waals surface area contributed by atoms with Crippen LogP contribution in [0, 0.1) is 17.3 Å². The van der Waals surface area contributed by atoms with Crippen LogP contribution in [0.4, 0.5) is 0 Å². The molecule has 0 radical (unpaired) electrons. The van der Waals surface area contributed by atoms with Crippen LogP contribution < -0.4 is 10.5 Å². The molecule has 2 N–H and O–H groups in total. The Morgan fingerprint density at radius 1 is 1.40 bits per heavy atom. The van der Waals surface area contributed by atoms with Crippen LogP contribution in [0.3, 0.4) is 0 Å². The van der Waals surface area contributed by atoms with Gasteiger partial charge in [0.1, 0.15) is 5.75 Å². The van der Waals surface area contributed by atoms with E-state index in [1.807, 2.05) is 12.1 Å². The van der Waals surface area contributed by atoms with E-state index in [0.717, 1.165) is 30.9 Å². The fourth-order valence-corrected chi connectivity index (χ4v) is 2.73. The summed E-state index contributed by atoms with van der Waals surface area (Å²) in [6.07, 6.45) is 1.25. The third-order valence-corrected chi connectivity index (χ3v) is 3.77. The Kier molecular flexibility index (Phi) is 4.69.